The van der Waals surface area contributed by atoms with Crippen molar-refractivity contribution in [3.63, 3.8) is 0 Å². The Balaban J connectivity index is 1.41. The number of urea groups is 1. The van der Waals surface area contributed by atoms with Crippen LogP contribution in [0.4, 0.5) is 4.79 Å². The molecule has 0 radical (unpaired) electrons. The maximum Gasteiger partial charge on any atom is 0.326 e. The van der Waals surface area contributed by atoms with Gasteiger partial charge in [0.05, 0.1) is 39.6 Å². The molecule has 1 fully saturated rings. The molecule has 360 valence electrons. The average molecular weight is 915 g/mol. The highest BCUT2D eigenvalue weighted by atomic mass is 16.5. The standard InChI is InChI=1S/C45H66N6O14/c1-30(52)46-20-22-64-24-26-65-25-23-63-21-18-39(53)48-29-31-12-16-34(17-13-31)41(56)49-38(28-32-14-15-33-7-2-3-8-35(33)27-32)42(57)47-19-5-4-9-36(43(58)59)50-45(62)51-37(44(60)61)10-6-11-40(54)55/h2-3,7-8,14-15,27,31,34,36-38H,4-6,9-13,16-26,28-29H2,1H3,(H,46,52)(H,47,57)(H,48,53)(H,49,56)(H,54,55)(H,58,59)(H,60,61)(H2,50,51,62)/t31?,34?,36-,37-,38-/m0/s1. The van der Waals surface area contributed by atoms with Gasteiger partial charge in [-0.15, -0.1) is 0 Å². The summed E-state index contributed by atoms with van der Waals surface area (Å²) in [6.07, 6.45) is 3.23. The van der Waals surface area contributed by atoms with Crippen molar-refractivity contribution in [2.24, 2.45) is 11.8 Å². The molecular weight excluding hydrogens is 849 g/mol. The molecule has 1 saturated carbocycles. The number of carbonyl (C=O) groups excluding carboxylic acids is 5. The molecule has 0 unspecified atom stereocenters. The molecular formula is C45H66N6O14. The molecule has 0 bridgehead atoms. The van der Waals surface area contributed by atoms with E-state index in [9.17, 15) is 48.6 Å². The molecule has 20 nitrogen and oxygen atoms in total. The minimum absolute atomic E-state index is 0.00227. The van der Waals surface area contributed by atoms with Crippen LogP contribution in [0, 0.1) is 11.8 Å². The summed E-state index contributed by atoms with van der Waals surface area (Å²) in [6, 6.07) is 8.98. The zero-order chi connectivity index (χ0) is 47.4. The number of hydrogen-bond acceptors (Lipinski definition) is 11. The molecule has 0 heterocycles. The Kier molecular flexibility index (Phi) is 24.9. The summed E-state index contributed by atoms with van der Waals surface area (Å²) < 4.78 is 16.3. The second kappa shape index (κ2) is 30.3. The van der Waals surface area contributed by atoms with Crippen molar-refractivity contribution in [3.05, 3.63) is 48.0 Å². The lowest BCUT2D eigenvalue weighted by molar-refractivity contribution is -0.140. The molecule has 6 amide bonds. The summed E-state index contributed by atoms with van der Waals surface area (Å²) in [7, 11) is 0. The highest BCUT2D eigenvalue weighted by Crippen LogP contribution is 2.29. The number of carboxylic acids is 3. The number of carbonyl (C=O) groups is 8. The molecule has 9 N–H and O–H groups in total. The van der Waals surface area contributed by atoms with E-state index in [1.807, 2.05) is 42.5 Å². The van der Waals surface area contributed by atoms with Gasteiger partial charge in [0.1, 0.15) is 18.1 Å². The van der Waals surface area contributed by atoms with Gasteiger partial charge in [-0.25, -0.2) is 14.4 Å². The first-order valence-electron chi connectivity index (χ1n) is 22.3. The van der Waals surface area contributed by atoms with Crippen LogP contribution < -0.4 is 31.9 Å². The number of fused-ring (bicyclic) bond motifs is 1. The molecule has 65 heavy (non-hydrogen) atoms. The lowest BCUT2D eigenvalue weighted by Gasteiger charge is -2.29. The number of nitrogens with one attached hydrogen (secondary N) is 6. The molecule has 2 aromatic carbocycles. The summed E-state index contributed by atoms with van der Waals surface area (Å²) in [5.74, 6) is -4.82. The topological polar surface area (TPSA) is 297 Å². The molecule has 1 aliphatic rings. The zero-order valence-corrected chi connectivity index (χ0v) is 37.1. The Labute approximate surface area is 378 Å². The maximum atomic E-state index is 13.6. The van der Waals surface area contributed by atoms with E-state index in [0.717, 1.165) is 29.2 Å². The van der Waals surface area contributed by atoms with Gasteiger partial charge in [0.15, 0.2) is 0 Å². The van der Waals surface area contributed by atoms with Gasteiger partial charge < -0.3 is 61.4 Å². The minimum Gasteiger partial charge on any atom is -0.481 e. The summed E-state index contributed by atoms with van der Waals surface area (Å²) in [5.41, 5.74) is 0.848. The van der Waals surface area contributed by atoms with Crippen LogP contribution in [0.15, 0.2) is 42.5 Å². The third-order valence-corrected chi connectivity index (χ3v) is 10.8. The van der Waals surface area contributed by atoms with Crippen molar-refractivity contribution >= 4 is 58.3 Å². The SMILES string of the molecule is CC(=O)NCCOCCOCCOCCC(=O)NCC1CCC(C(=O)N[C@@H](Cc2ccc3ccccc3c2)C(=O)NCCCC[C@H](NC(=O)N[C@@H](CCCC(=O)O)C(=O)O)C(=O)O)CC1. The van der Waals surface area contributed by atoms with E-state index in [-0.39, 0.29) is 87.7 Å². The lowest BCUT2D eigenvalue weighted by Crippen LogP contribution is -2.51. The van der Waals surface area contributed by atoms with Crippen LogP contribution in [0.5, 0.6) is 0 Å². The van der Waals surface area contributed by atoms with Crippen LogP contribution in [-0.2, 0) is 54.2 Å². The van der Waals surface area contributed by atoms with Crippen LogP contribution in [0.2, 0.25) is 0 Å². The van der Waals surface area contributed by atoms with Crippen molar-refractivity contribution in [3.8, 4) is 0 Å². The van der Waals surface area contributed by atoms with Crippen molar-refractivity contribution < 1.29 is 67.9 Å². The molecule has 20 heteroatoms. The summed E-state index contributed by atoms with van der Waals surface area (Å²) in [6.45, 7) is 4.69. The number of aliphatic carboxylic acids is 3. The molecule has 0 aliphatic heterocycles. The molecule has 2 aromatic rings. The minimum atomic E-state index is -1.40. The van der Waals surface area contributed by atoms with Crippen LogP contribution in [0.25, 0.3) is 10.8 Å². The Morgan fingerprint density at radius 1 is 0.631 bits per heavy atom. The number of ether oxygens (including phenoxy) is 3. The number of amides is 6. The number of carboxylic acid groups (broad SMARTS) is 3. The van der Waals surface area contributed by atoms with Gasteiger partial charge in [-0.05, 0) is 80.0 Å². The monoisotopic (exact) mass is 914 g/mol. The van der Waals surface area contributed by atoms with Crippen LogP contribution in [-0.4, -0.2) is 140 Å². The lowest BCUT2D eigenvalue weighted by atomic mass is 9.81. The fourth-order valence-corrected chi connectivity index (χ4v) is 7.22. The van der Waals surface area contributed by atoms with Crippen molar-refractivity contribution in [1.82, 2.24) is 31.9 Å². The van der Waals surface area contributed by atoms with Crippen molar-refractivity contribution in [1.29, 1.82) is 0 Å². The maximum absolute atomic E-state index is 13.6. The van der Waals surface area contributed by atoms with Gasteiger partial charge in [0.25, 0.3) is 0 Å². The first-order chi connectivity index (χ1) is 31.2. The van der Waals surface area contributed by atoms with E-state index in [1.54, 1.807) is 0 Å². The Bertz CT molecular complexity index is 1860. The van der Waals surface area contributed by atoms with E-state index >= 15 is 0 Å². The zero-order valence-electron chi connectivity index (χ0n) is 37.1. The smallest absolute Gasteiger partial charge is 0.326 e. The second-order valence-electron chi connectivity index (χ2n) is 16.0. The molecule has 0 aromatic heterocycles. The fraction of sp³-hybridized carbons (Fsp3) is 0.600. The third-order valence-electron chi connectivity index (χ3n) is 10.8. The Morgan fingerprint density at radius 3 is 1.88 bits per heavy atom. The van der Waals surface area contributed by atoms with Crippen molar-refractivity contribution in [2.75, 3.05) is 59.3 Å². The van der Waals surface area contributed by atoms with Gasteiger partial charge in [-0.2, -0.15) is 0 Å². The number of unbranched alkanes of at least 4 members (excludes halogenated alkanes) is 1. The largest absolute Gasteiger partial charge is 0.481 e. The van der Waals surface area contributed by atoms with Crippen LogP contribution >= 0.6 is 0 Å². The Hall–Kier alpha value is -5.86. The first kappa shape index (κ1) is 53.5. The second-order valence-corrected chi connectivity index (χ2v) is 16.0. The highest BCUT2D eigenvalue weighted by molar-refractivity contribution is 5.89. The molecule has 3 atom stereocenters. The predicted molar refractivity (Wildman–Crippen MR) is 237 cm³/mol. The van der Waals surface area contributed by atoms with Gasteiger partial charge in [0.2, 0.25) is 23.6 Å². The van der Waals surface area contributed by atoms with Gasteiger partial charge in [0, 0.05) is 51.7 Å². The van der Waals surface area contributed by atoms with Gasteiger partial charge >= 0.3 is 23.9 Å². The molecule has 0 saturated heterocycles. The third kappa shape index (κ3) is 22.6. The van der Waals surface area contributed by atoms with Crippen LogP contribution in [0.1, 0.15) is 83.1 Å². The molecule has 0 spiro atoms. The van der Waals surface area contributed by atoms with Gasteiger partial charge in [-0.1, -0.05) is 42.5 Å². The highest BCUT2D eigenvalue weighted by Gasteiger charge is 2.30. The van der Waals surface area contributed by atoms with E-state index in [1.165, 1.54) is 6.92 Å². The van der Waals surface area contributed by atoms with E-state index in [2.05, 4.69) is 31.9 Å². The van der Waals surface area contributed by atoms with E-state index in [4.69, 9.17) is 19.3 Å². The van der Waals surface area contributed by atoms with E-state index in [0.29, 0.717) is 65.4 Å². The number of hydrogen-bond donors (Lipinski definition) is 9. The van der Waals surface area contributed by atoms with Crippen molar-refractivity contribution in [2.45, 2.75) is 102 Å². The normalized spacial score (nSPS) is 16.0. The molecule has 1 aliphatic carbocycles. The summed E-state index contributed by atoms with van der Waals surface area (Å²) in [4.78, 5) is 97.1. The summed E-state index contributed by atoms with van der Waals surface area (Å²) in [5, 5.41) is 45.7. The van der Waals surface area contributed by atoms with Gasteiger partial charge in [-0.3, -0.25) is 24.0 Å². The quantitative estimate of drug-likeness (QED) is 0.0476. The molecule has 3 rings (SSSR count). The fourth-order valence-electron chi connectivity index (χ4n) is 7.22. The number of rotatable bonds is 32. The Morgan fingerprint density at radius 2 is 1.25 bits per heavy atom. The predicted octanol–water partition coefficient (Wildman–Crippen LogP) is 2.11. The van der Waals surface area contributed by atoms with Crippen LogP contribution in [0.3, 0.4) is 0 Å². The first-order valence-corrected chi connectivity index (χ1v) is 22.3. The average Bonchev–Trinajstić information content (AvgIpc) is 3.27. The summed E-state index contributed by atoms with van der Waals surface area (Å²) >= 11 is 0. The number of benzene rings is 2. The van der Waals surface area contributed by atoms with E-state index < -0.39 is 48.0 Å².